The van der Waals surface area contributed by atoms with Crippen LogP contribution in [0.15, 0.2) is 6.20 Å². The lowest BCUT2D eigenvalue weighted by atomic mass is 10.2. The van der Waals surface area contributed by atoms with E-state index < -0.39 is 18.0 Å². The number of amides is 1. The van der Waals surface area contributed by atoms with Crippen LogP contribution in [0.1, 0.15) is 53.4 Å². The summed E-state index contributed by atoms with van der Waals surface area (Å²) in [6.07, 6.45) is 0.492. The van der Waals surface area contributed by atoms with E-state index in [-0.39, 0.29) is 11.3 Å². The van der Waals surface area contributed by atoms with Crippen LogP contribution in [0.3, 0.4) is 0 Å². The number of anilines is 1. The number of hydrogen-bond acceptors (Lipinski definition) is 7. The van der Waals surface area contributed by atoms with E-state index in [2.05, 4.69) is 20.6 Å². The Balaban J connectivity index is 2.78. The Hall–Kier alpha value is -1.64. The molecule has 9 heteroatoms. The van der Waals surface area contributed by atoms with Crippen LogP contribution in [0.4, 0.5) is 10.6 Å². The topological polar surface area (TPSA) is 94.6 Å². The Morgan fingerprint density at radius 1 is 1.27 bits per heavy atom. The molecule has 2 N–H and O–H groups in total. The Morgan fingerprint density at radius 2 is 1.88 bits per heavy atom. The van der Waals surface area contributed by atoms with E-state index in [1.165, 1.54) is 0 Å². The minimum Gasteiger partial charge on any atom is -0.444 e. The lowest BCUT2D eigenvalue weighted by molar-refractivity contribution is -0.140. The minimum atomic E-state index is -0.601. The molecule has 1 amide bonds. The van der Waals surface area contributed by atoms with Gasteiger partial charge in [-0.2, -0.15) is 0 Å². The molecule has 1 aromatic heterocycles. The summed E-state index contributed by atoms with van der Waals surface area (Å²) < 4.78 is 16.4. The van der Waals surface area contributed by atoms with E-state index in [0.29, 0.717) is 31.1 Å². The Bertz CT molecular complexity index is 574. The number of nitrogens with zero attached hydrogens (tertiary/aromatic N) is 2. The second kappa shape index (κ2) is 10.5. The molecule has 1 heterocycles. The first kappa shape index (κ1) is 22.4. The number of hydrogen-bond donors (Lipinski definition) is 2. The summed E-state index contributed by atoms with van der Waals surface area (Å²) in [5.41, 5.74) is 0.0956. The van der Waals surface area contributed by atoms with Gasteiger partial charge in [0.2, 0.25) is 5.28 Å². The Morgan fingerprint density at radius 3 is 2.42 bits per heavy atom. The molecular formula is C17H29ClN4O4. The minimum absolute atomic E-state index is 0.107. The zero-order valence-electron chi connectivity index (χ0n) is 16.3. The van der Waals surface area contributed by atoms with Crippen molar-refractivity contribution >= 4 is 23.5 Å². The monoisotopic (exact) mass is 388 g/mol. The largest absolute Gasteiger partial charge is 0.444 e. The van der Waals surface area contributed by atoms with Crippen molar-refractivity contribution in [1.29, 1.82) is 0 Å². The van der Waals surface area contributed by atoms with E-state index in [0.717, 1.165) is 0 Å². The lowest BCUT2D eigenvalue weighted by Crippen LogP contribution is -2.38. The quantitative estimate of drug-likeness (QED) is 0.493. The standard InChI is InChI=1S/C17H29ClN4O4/c1-7-24-14(25-8-2)12-10-19-15(18)22-13(12)21-11(3)9-20-16(23)26-17(4,5)6/h10-11,14H,7-9H2,1-6H3,(H,20,23)(H,19,21,22). The average Bonchev–Trinajstić information content (AvgIpc) is 2.51. The molecule has 0 aromatic carbocycles. The van der Waals surface area contributed by atoms with Crippen LogP contribution in [0.25, 0.3) is 0 Å². The molecule has 1 rings (SSSR count). The summed E-state index contributed by atoms with van der Waals surface area (Å²) in [7, 11) is 0. The molecule has 0 saturated heterocycles. The molecular weight excluding hydrogens is 360 g/mol. The third kappa shape index (κ3) is 8.16. The maximum Gasteiger partial charge on any atom is 0.407 e. The first-order valence-electron chi connectivity index (χ1n) is 8.65. The van der Waals surface area contributed by atoms with Crippen LogP contribution in [-0.4, -0.2) is 47.5 Å². The highest BCUT2D eigenvalue weighted by molar-refractivity contribution is 6.28. The highest BCUT2D eigenvalue weighted by atomic mass is 35.5. The van der Waals surface area contributed by atoms with Gasteiger partial charge in [0.1, 0.15) is 11.4 Å². The Kier molecular flexibility index (Phi) is 9.04. The van der Waals surface area contributed by atoms with Crippen molar-refractivity contribution in [3.63, 3.8) is 0 Å². The SMILES string of the molecule is CCOC(OCC)c1cnc(Cl)nc1NC(C)CNC(=O)OC(C)(C)C. The van der Waals surface area contributed by atoms with Gasteiger partial charge < -0.3 is 24.8 Å². The van der Waals surface area contributed by atoms with Gasteiger partial charge in [-0.15, -0.1) is 0 Å². The van der Waals surface area contributed by atoms with Gasteiger partial charge in [0.05, 0.1) is 5.56 Å². The van der Waals surface area contributed by atoms with Crippen LogP contribution < -0.4 is 10.6 Å². The fourth-order valence-corrected chi connectivity index (χ4v) is 2.16. The number of carbonyl (C=O) groups excluding carboxylic acids is 1. The summed E-state index contributed by atoms with van der Waals surface area (Å²) in [6.45, 7) is 12.4. The van der Waals surface area contributed by atoms with Gasteiger partial charge in [-0.05, 0) is 53.1 Å². The van der Waals surface area contributed by atoms with E-state index in [9.17, 15) is 4.79 Å². The van der Waals surface area contributed by atoms with Crippen LogP contribution >= 0.6 is 11.6 Å². The van der Waals surface area contributed by atoms with Gasteiger partial charge in [0.15, 0.2) is 6.29 Å². The zero-order chi connectivity index (χ0) is 19.7. The molecule has 26 heavy (non-hydrogen) atoms. The van der Waals surface area contributed by atoms with Crippen molar-refractivity contribution in [2.75, 3.05) is 25.1 Å². The second-order valence-corrected chi connectivity index (χ2v) is 6.95. The van der Waals surface area contributed by atoms with E-state index >= 15 is 0 Å². The average molecular weight is 389 g/mol. The number of rotatable bonds is 9. The molecule has 1 unspecified atom stereocenters. The number of carbonyl (C=O) groups is 1. The van der Waals surface area contributed by atoms with Gasteiger partial charge in [0.25, 0.3) is 0 Å². The van der Waals surface area contributed by atoms with Crippen molar-refractivity contribution < 1.29 is 19.0 Å². The molecule has 0 saturated carbocycles. The first-order chi connectivity index (χ1) is 12.2. The van der Waals surface area contributed by atoms with Crippen LogP contribution in [0.5, 0.6) is 0 Å². The third-order valence-corrected chi connectivity index (χ3v) is 3.19. The number of ether oxygens (including phenoxy) is 3. The summed E-state index contributed by atoms with van der Waals surface area (Å²) >= 11 is 5.93. The zero-order valence-corrected chi connectivity index (χ0v) is 17.0. The maximum absolute atomic E-state index is 11.8. The van der Waals surface area contributed by atoms with Gasteiger partial charge in [-0.1, -0.05) is 0 Å². The third-order valence-electron chi connectivity index (χ3n) is 3.01. The van der Waals surface area contributed by atoms with E-state index in [4.69, 9.17) is 25.8 Å². The van der Waals surface area contributed by atoms with Crippen LogP contribution in [0, 0.1) is 0 Å². The molecule has 148 valence electrons. The summed E-state index contributed by atoms with van der Waals surface area (Å²) in [5, 5.41) is 6.02. The summed E-state index contributed by atoms with van der Waals surface area (Å²) in [4.78, 5) is 20.0. The highest BCUT2D eigenvalue weighted by Crippen LogP contribution is 2.26. The molecule has 1 aromatic rings. The normalized spacial score (nSPS) is 12.8. The maximum atomic E-state index is 11.8. The molecule has 0 radical (unpaired) electrons. The lowest BCUT2D eigenvalue weighted by Gasteiger charge is -2.23. The van der Waals surface area contributed by atoms with Crippen molar-refractivity contribution in [1.82, 2.24) is 15.3 Å². The molecule has 0 aliphatic carbocycles. The van der Waals surface area contributed by atoms with Gasteiger partial charge in [0, 0.05) is 32.0 Å². The fraction of sp³-hybridized carbons (Fsp3) is 0.706. The van der Waals surface area contributed by atoms with Crippen molar-refractivity contribution in [2.45, 2.75) is 59.5 Å². The highest BCUT2D eigenvalue weighted by Gasteiger charge is 2.20. The number of aromatic nitrogens is 2. The molecule has 0 aliphatic heterocycles. The van der Waals surface area contributed by atoms with Crippen molar-refractivity contribution in [3.05, 3.63) is 17.0 Å². The van der Waals surface area contributed by atoms with Gasteiger partial charge in [-0.3, -0.25) is 0 Å². The fourth-order valence-electron chi connectivity index (χ4n) is 2.02. The first-order valence-corrected chi connectivity index (χ1v) is 9.03. The molecule has 8 nitrogen and oxygen atoms in total. The number of alkyl carbamates (subject to hydrolysis) is 1. The smallest absolute Gasteiger partial charge is 0.407 e. The van der Waals surface area contributed by atoms with Crippen LogP contribution in [-0.2, 0) is 14.2 Å². The van der Waals surface area contributed by atoms with Gasteiger partial charge >= 0.3 is 6.09 Å². The molecule has 1 atom stereocenters. The molecule has 0 spiro atoms. The second-order valence-electron chi connectivity index (χ2n) is 6.61. The molecule has 0 aliphatic rings. The summed E-state index contributed by atoms with van der Waals surface area (Å²) in [5.74, 6) is 0.496. The van der Waals surface area contributed by atoms with Crippen molar-refractivity contribution in [2.24, 2.45) is 0 Å². The number of halogens is 1. The number of nitrogens with one attached hydrogen (secondary N) is 2. The van der Waals surface area contributed by atoms with E-state index in [1.54, 1.807) is 6.20 Å². The Labute approximate surface area is 160 Å². The predicted octanol–water partition coefficient (Wildman–Crippen LogP) is 3.53. The predicted molar refractivity (Wildman–Crippen MR) is 100 cm³/mol. The van der Waals surface area contributed by atoms with E-state index in [1.807, 2.05) is 41.5 Å². The van der Waals surface area contributed by atoms with Crippen molar-refractivity contribution in [3.8, 4) is 0 Å². The molecule has 0 bridgehead atoms. The van der Waals surface area contributed by atoms with Crippen LogP contribution in [0.2, 0.25) is 5.28 Å². The molecule has 0 fully saturated rings. The summed E-state index contributed by atoms with van der Waals surface area (Å²) in [6, 6.07) is -0.142. The van der Waals surface area contributed by atoms with Gasteiger partial charge in [-0.25, -0.2) is 14.8 Å².